The van der Waals surface area contributed by atoms with Crippen molar-refractivity contribution in [1.29, 1.82) is 0 Å². The molecule has 0 atom stereocenters. The van der Waals surface area contributed by atoms with Crippen molar-refractivity contribution in [1.82, 2.24) is 5.16 Å². The smallest absolute Gasteiger partial charge is 0.360 e. The van der Waals surface area contributed by atoms with E-state index in [0.717, 1.165) is 6.07 Å². The van der Waals surface area contributed by atoms with Gasteiger partial charge in [-0.05, 0) is 6.92 Å². The average Bonchev–Trinajstić information content (AvgIpc) is 2.66. The Kier molecular flexibility index (Phi) is 3.35. The maximum absolute atomic E-state index is 11.1. The maximum atomic E-state index is 11.1. The molecule has 14 heavy (non-hydrogen) atoms. The largest absolute Gasteiger partial charge is 0.461 e. The van der Waals surface area contributed by atoms with Crippen molar-refractivity contribution in [2.75, 3.05) is 13.2 Å². The fraction of sp³-hybridized carbons (Fsp3) is 0.375. The Labute approximate surface area is 79.5 Å². The second kappa shape index (κ2) is 4.52. The van der Waals surface area contributed by atoms with E-state index in [1.54, 1.807) is 6.92 Å². The lowest BCUT2D eigenvalue weighted by Crippen LogP contribution is -2.05. The number of rotatable bonds is 4. The van der Waals surface area contributed by atoms with Crippen LogP contribution in [-0.4, -0.2) is 35.2 Å². The van der Waals surface area contributed by atoms with Gasteiger partial charge in [-0.2, -0.15) is 0 Å². The van der Waals surface area contributed by atoms with Gasteiger partial charge in [0.05, 0.1) is 6.61 Å². The SMILES string of the molecule is CCOC(=O)c1cc(C(=O)CO)on1. The number of carbonyl (C=O) groups excluding carboxylic acids is 2. The summed E-state index contributed by atoms with van der Waals surface area (Å²) in [5.74, 6) is -1.45. The van der Waals surface area contributed by atoms with Crippen LogP contribution in [0.2, 0.25) is 0 Å². The molecule has 0 aliphatic carbocycles. The van der Waals surface area contributed by atoms with Gasteiger partial charge < -0.3 is 14.4 Å². The van der Waals surface area contributed by atoms with Crippen LogP contribution in [0, 0.1) is 0 Å². The van der Waals surface area contributed by atoms with Crippen LogP contribution in [0.5, 0.6) is 0 Å². The summed E-state index contributed by atoms with van der Waals surface area (Å²) in [4.78, 5) is 21.9. The molecular weight excluding hydrogens is 190 g/mol. The van der Waals surface area contributed by atoms with Crippen LogP contribution in [0.4, 0.5) is 0 Å². The van der Waals surface area contributed by atoms with Gasteiger partial charge in [-0.15, -0.1) is 0 Å². The standard InChI is InChI=1S/C8H9NO5/c1-2-13-8(12)5-3-7(14-9-5)6(11)4-10/h3,10H,2,4H2,1H3. The number of aliphatic hydroxyl groups is 1. The molecule has 76 valence electrons. The molecule has 1 rings (SSSR count). The quantitative estimate of drug-likeness (QED) is 0.543. The lowest BCUT2D eigenvalue weighted by Gasteiger charge is -1.94. The molecule has 0 unspecified atom stereocenters. The molecule has 0 spiro atoms. The monoisotopic (exact) mass is 199 g/mol. The summed E-state index contributed by atoms with van der Waals surface area (Å²) in [7, 11) is 0. The topological polar surface area (TPSA) is 89.6 Å². The maximum Gasteiger partial charge on any atom is 0.360 e. The first-order valence-corrected chi connectivity index (χ1v) is 3.97. The molecule has 6 nitrogen and oxygen atoms in total. The van der Waals surface area contributed by atoms with E-state index >= 15 is 0 Å². The van der Waals surface area contributed by atoms with E-state index in [0.29, 0.717) is 0 Å². The number of hydrogen-bond acceptors (Lipinski definition) is 6. The fourth-order valence-electron chi connectivity index (χ4n) is 0.786. The second-order valence-electron chi connectivity index (χ2n) is 2.38. The molecule has 1 aromatic heterocycles. The van der Waals surface area contributed by atoms with Gasteiger partial charge in [-0.1, -0.05) is 5.16 Å². The van der Waals surface area contributed by atoms with Crippen LogP contribution in [0.1, 0.15) is 28.0 Å². The summed E-state index contributed by atoms with van der Waals surface area (Å²) >= 11 is 0. The highest BCUT2D eigenvalue weighted by molar-refractivity contribution is 5.96. The lowest BCUT2D eigenvalue weighted by atomic mass is 10.3. The third-order valence-electron chi connectivity index (χ3n) is 1.41. The number of ketones is 1. The summed E-state index contributed by atoms with van der Waals surface area (Å²) in [6.45, 7) is 1.18. The summed E-state index contributed by atoms with van der Waals surface area (Å²) < 4.78 is 9.14. The molecule has 0 fully saturated rings. The fourth-order valence-corrected chi connectivity index (χ4v) is 0.786. The van der Waals surface area contributed by atoms with Crippen molar-refractivity contribution >= 4 is 11.8 Å². The molecular formula is C8H9NO5. The van der Waals surface area contributed by atoms with Gasteiger partial charge >= 0.3 is 5.97 Å². The predicted molar refractivity (Wildman–Crippen MR) is 43.9 cm³/mol. The van der Waals surface area contributed by atoms with E-state index in [9.17, 15) is 9.59 Å². The first kappa shape index (κ1) is 10.4. The van der Waals surface area contributed by atoms with Gasteiger partial charge in [0.15, 0.2) is 5.69 Å². The average molecular weight is 199 g/mol. The number of carbonyl (C=O) groups is 2. The van der Waals surface area contributed by atoms with E-state index in [-0.39, 0.29) is 18.1 Å². The van der Waals surface area contributed by atoms with Crippen molar-refractivity contribution in [3.05, 3.63) is 17.5 Å². The Morgan fingerprint density at radius 2 is 2.36 bits per heavy atom. The zero-order valence-corrected chi connectivity index (χ0v) is 7.52. The Morgan fingerprint density at radius 1 is 1.64 bits per heavy atom. The second-order valence-corrected chi connectivity index (χ2v) is 2.38. The van der Waals surface area contributed by atoms with Crippen LogP contribution in [0.25, 0.3) is 0 Å². The van der Waals surface area contributed by atoms with Crippen LogP contribution >= 0.6 is 0 Å². The van der Waals surface area contributed by atoms with Crippen molar-refractivity contribution in [3.8, 4) is 0 Å². The highest BCUT2D eigenvalue weighted by atomic mass is 16.5. The Hall–Kier alpha value is -1.69. The van der Waals surface area contributed by atoms with E-state index in [1.807, 2.05) is 0 Å². The van der Waals surface area contributed by atoms with E-state index in [1.165, 1.54) is 0 Å². The normalized spacial score (nSPS) is 9.86. The first-order valence-electron chi connectivity index (χ1n) is 3.97. The number of aromatic nitrogens is 1. The minimum atomic E-state index is -0.683. The molecule has 1 heterocycles. The molecule has 6 heteroatoms. The zero-order chi connectivity index (χ0) is 10.6. The summed E-state index contributed by atoms with van der Waals surface area (Å²) in [6.07, 6.45) is 0. The summed E-state index contributed by atoms with van der Waals surface area (Å²) in [6, 6.07) is 1.14. The highest BCUT2D eigenvalue weighted by Crippen LogP contribution is 2.05. The molecule has 0 aliphatic rings. The Bertz CT molecular complexity index is 343. The highest BCUT2D eigenvalue weighted by Gasteiger charge is 2.17. The van der Waals surface area contributed by atoms with Crippen molar-refractivity contribution in [2.24, 2.45) is 0 Å². The molecule has 0 bridgehead atoms. The third-order valence-corrected chi connectivity index (χ3v) is 1.41. The summed E-state index contributed by atoms with van der Waals surface area (Å²) in [5.41, 5.74) is -0.0800. The Morgan fingerprint density at radius 3 is 2.93 bits per heavy atom. The molecule has 1 aromatic rings. The number of esters is 1. The van der Waals surface area contributed by atoms with Gasteiger partial charge in [-0.25, -0.2) is 4.79 Å². The van der Waals surface area contributed by atoms with Gasteiger partial charge in [0.25, 0.3) is 0 Å². The zero-order valence-electron chi connectivity index (χ0n) is 7.52. The first-order chi connectivity index (χ1) is 6.69. The lowest BCUT2D eigenvalue weighted by molar-refractivity contribution is 0.0514. The van der Waals surface area contributed by atoms with Gasteiger partial charge in [0.1, 0.15) is 6.61 Å². The molecule has 0 amide bonds. The summed E-state index contributed by atoms with van der Waals surface area (Å²) in [5, 5.41) is 11.8. The molecule has 0 saturated carbocycles. The van der Waals surface area contributed by atoms with Crippen molar-refractivity contribution < 1.29 is 24.0 Å². The van der Waals surface area contributed by atoms with E-state index in [2.05, 4.69) is 14.4 Å². The molecule has 0 radical (unpaired) electrons. The van der Waals surface area contributed by atoms with Crippen molar-refractivity contribution in [2.45, 2.75) is 6.92 Å². The van der Waals surface area contributed by atoms with Gasteiger partial charge in [-0.3, -0.25) is 4.79 Å². The Balaban J connectivity index is 2.77. The third kappa shape index (κ3) is 2.17. The van der Waals surface area contributed by atoms with E-state index < -0.39 is 18.4 Å². The number of nitrogens with zero attached hydrogens (tertiary/aromatic N) is 1. The molecule has 0 aliphatic heterocycles. The van der Waals surface area contributed by atoms with Gasteiger partial charge in [0.2, 0.25) is 11.5 Å². The molecule has 0 saturated heterocycles. The predicted octanol–water partition coefficient (Wildman–Crippen LogP) is 0.0263. The van der Waals surface area contributed by atoms with E-state index in [4.69, 9.17) is 5.11 Å². The minimum Gasteiger partial charge on any atom is -0.461 e. The van der Waals surface area contributed by atoms with Crippen LogP contribution in [-0.2, 0) is 4.74 Å². The number of hydrogen-bond donors (Lipinski definition) is 1. The van der Waals surface area contributed by atoms with Crippen molar-refractivity contribution in [3.63, 3.8) is 0 Å². The van der Waals surface area contributed by atoms with Gasteiger partial charge in [0, 0.05) is 6.07 Å². The molecule has 0 aromatic carbocycles. The van der Waals surface area contributed by atoms with Crippen LogP contribution in [0.3, 0.4) is 0 Å². The number of Topliss-reactive ketones (excluding diaryl/α,β-unsaturated/α-hetero) is 1. The number of ether oxygens (including phenoxy) is 1. The molecule has 1 N–H and O–H groups in total. The minimum absolute atomic E-state index is 0.0800. The van der Waals surface area contributed by atoms with Crippen LogP contribution < -0.4 is 0 Å². The van der Waals surface area contributed by atoms with Crippen LogP contribution in [0.15, 0.2) is 10.6 Å². The number of aliphatic hydroxyl groups excluding tert-OH is 1.